The van der Waals surface area contributed by atoms with E-state index in [0.29, 0.717) is 6.04 Å². The molecule has 0 aromatic carbocycles. The zero-order valence-corrected chi connectivity index (χ0v) is 9.14. The largest absolute Gasteiger partial charge is 0.493 e. The molecule has 0 bridgehead atoms. The molecule has 15 heavy (non-hydrogen) atoms. The van der Waals surface area contributed by atoms with Gasteiger partial charge < -0.3 is 14.4 Å². The van der Waals surface area contributed by atoms with Crippen LogP contribution in [-0.4, -0.2) is 37.9 Å². The molecule has 1 fully saturated rings. The van der Waals surface area contributed by atoms with Crippen molar-refractivity contribution in [2.75, 3.05) is 31.8 Å². The Kier molecular flexibility index (Phi) is 3.06. The van der Waals surface area contributed by atoms with Crippen molar-refractivity contribution >= 4 is 5.82 Å². The average molecular weight is 208 g/mol. The fourth-order valence-corrected chi connectivity index (χ4v) is 1.80. The Labute approximate surface area is 89.8 Å². The maximum Gasteiger partial charge on any atom is 0.171 e. The van der Waals surface area contributed by atoms with Gasteiger partial charge in [0.15, 0.2) is 11.6 Å². The second kappa shape index (κ2) is 4.49. The smallest absolute Gasteiger partial charge is 0.171 e. The lowest BCUT2D eigenvalue weighted by Gasteiger charge is -2.34. The van der Waals surface area contributed by atoms with E-state index in [2.05, 4.69) is 16.8 Å². The van der Waals surface area contributed by atoms with Gasteiger partial charge in [-0.25, -0.2) is 4.98 Å². The molecular weight excluding hydrogens is 192 g/mol. The second-order valence-corrected chi connectivity index (χ2v) is 3.65. The minimum atomic E-state index is 0.350. The molecule has 1 aliphatic heterocycles. The van der Waals surface area contributed by atoms with E-state index in [0.717, 1.165) is 31.3 Å². The maximum absolute atomic E-state index is 5.40. The lowest BCUT2D eigenvalue weighted by atomic mass is 10.2. The molecule has 0 N–H and O–H groups in total. The first-order chi connectivity index (χ1) is 7.33. The van der Waals surface area contributed by atoms with E-state index in [1.807, 2.05) is 12.1 Å². The van der Waals surface area contributed by atoms with Crippen molar-refractivity contribution in [1.82, 2.24) is 4.98 Å². The first kappa shape index (κ1) is 10.2. The summed E-state index contributed by atoms with van der Waals surface area (Å²) < 4.78 is 10.7. The van der Waals surface area contributed by atoms with Gasteiger partial charge in [-0.15, -0.1) is 0 Å². The van der Waals surface area contributed by atoms with Gasteiger partial charge in [0.2, 0.25) is 0 Å². The molecule has 0 amide bonds. The molecule has 1 unspecified atom stereocenters. The Bertz CT molecular complexity index is 330. The first-order valence-electron chi connectivity index (χ1n) is 5.16. The zero-order chi connectivity index (χ0) is 10.7. The van der Waals surface area contributed by atoms with E-state index < -0.39 is 0 Å². The third-order valence-corrected chi connectivity index (χ3v) is 2.61. The Morgan fingerprint density at radius 2 is 2.47 bits per heavy atom. The van der Waals surface area contributed by atoms with Gasteiger partial charge in [-0.2, -0.15) is 0 Å². The van der Waals surface area contributed by atoms with Gasteiger partial charge >= 0.3 is 0 Å². The van der Waals surface area contributed by atoms with Crippen molar-refractivity contribution in [2.45, 2.75) is 13.0 Å². The van der Waals surface area contributed by atoms with E-state index in [-0.39, 0.29) is 0 Å². The van der Waals surface area contributed by atoms with Gasteiger partial charge in [-0.3, -0.25) is 0 Å². The third-order valence-electron chi connectivity index (χ3n) is 2.61. The normalized spacial score (nSPS) is 21.5. The fraction of sp³-hybridized carbons (Fsp3) is 0.545. The van der Waals surface area contributed by atoms with Gasteiger partial charge in [0.25, 0.3) is 0 Å². The predicted molar refractivity (Wildman–Crippen MR) is 58.4 cm³/mol. The van der Waals surface area contributed by atoms with Gasteiger partial charge in [0.1, 0.15) is 0 Å². The van der Waals surface area contributed by atoms with Crippen LogP contribution in [0.1, 0.15) is 6.92 Å². The van der Waals surface area contributed by atoms with Crippen molar-refractivity contribution in [3.05, 3.63) is 18.3 Å². The molecule has 1 atom stereocenters. The summed E-state index contributed by atoms with van der Waals surface area (Å²) in [4.78, 5) is 6.59. The molecule has 1 aromatic heterocycles. The molecule has 0 radical (unpaired) electrons. The van der Waals surface area contributed by atoms with Gasteiger partial charge in [0.05, 0.1) is 26.4 Å². The van der Waals surface area contributed by atoms with Crippen LogP contribution in [0.4, 0.5) is 5.82 Å². The lowest BCUT2D eigenvalue weighted by molar-refractivity contribution is 0.0982. The van der Waals surface area contributed by atoms with Crippen LogP contribution < -0.4 is 9.64 Å². The number of morpholine rings is 1. The van der Waals surface area contributed by atoms with Crippen LogP contribution in [0.5, 0.6) is 5.75 Å². The number of hydrogen-bond donors (Lipinski definition) is 0. The molecule has 0 aliphatic carbocycles. The molecule has 4 nitrogen and oxygen atoms in total. The molecule has 1 aliphatic rings. The quantitative estimate of drug-likeness (QED) is 0.734. The highest BCUT2D eigenvalue weighted by Gasteiger charge is 2.22. The van der Waals surface area contributed by atoms with E-state index in [1.54, 1.807) is 13.3 Å². The third kappa shape index (κ3) is 2.04. The SMILES string of the molecule is COc1cccnc1N1CCOCC1C. The summed E-state index contributed by atoms with van der Waals surface area (Å²) in [5, 5.41) is 0. The van der Waals surface area contributed by atoms with Gasteiger partial charge in [-0.05, 0) is 19.1 Å². The summed E-state index contributed by atoms with van der Waals surface area (Å²) in [6, 6.07) is 4.17. The minimum Gasteiger partial charge on any atom is -0.493 e. The Balaban J connectivity index is 2.26. The number of anilines is 1. The lowest BCUT2D eigenvalue weighted by Crippen LogP contribution is -2.44. The van der Waals surface area contributed by atoms with Crippen LogP contribution in [0, 0.1) is 0 Å². The van der Waals surface area contributed by atoms with Crippen molar-refractivity contribution in [1.29, 1.82) is 0 Å². The highest BCUT2D eigenvalue weighted by Crippen LogP contribution is 2.27. The standard InChI is InChI=1S/C11H16N2O2/c1-9-8-15-7-6-13(9)11-10(14-2)4-3-5-12-11/h3-5,9H,6-8H2,1-2H3. The van der Waals surface area contributed by atoms with Gasteiger partial charge in [0, 0.05) is 12.7 Å². The summed E-state index contributed by atoms with van der Waals surface area (Å²) in [6.07, 6.45) is 1.79. The molecule has 0 spiro atoms. The summed E-state index contributed by atoms with van der Waals surface area (Å²) in [5.41, 5.74) is 0. The summed E-state index contributed by atoms with van der Waals surface area (Å²) >= 11 is 0. The van der Waals surface area contributed by atoms with E-state index in [9.17, 15) is 0 Å². The van der Waals surface area contributed by atoms with Crippen LogP contribution in [0.2, 0.25) is 0 Å². The molecule has 0 saturated carbocycles. The van der Waals surface area contributed by atoms with Crippen LogP contribution in [-0.2, 0) is 4.74 Å². The van der Waals surface area contributed by atoms with E-state index in [1.165, 1.54) is 0 Å². The molecule has 1 saturated heterocycles. The molecule has 82 valence electrons. The number of pyridine rings is 1. The van der Waals surface area contributed by atoms with Crippen LogP contribution in [0.3, 0.4) is 0 Å². The molecule has 1 aromatic rings. The number of ether oxygens (including phenoxy) is 2. The number of aromatic nitrogens is 1. The van der Waals surface area contributed by atoms with E-state index in [4.69, 9.17) is 9.47 Å². The van der Waals surface area contributed by atoms with Crippen molar-refractivity contribution in [3.8, 4) is 5.75 Å². The van der Waals surface area contributed by atoms with E-state index >= 15 is 0 Å². The number of hydrogen-bond acceptors (Lipinski definition) is 4. The van der Waals surface area contributed by atoms with Crippen molar-refractivity contribution in [2.24, 2.45) is 0 Å². The molecule has 4 heteroatoms. The molecule has 2 rings (SSSR count). The summed E-state index contributed by atoms with van der Waals surface area (Å²) in [5.74, 6) is 1.74. The maximum atomic E-state index is 5.40. The Morgan fingerprint density at radius 3 is 3.20 bits per heavy atom. The zero-order valence-electron chi connectivity index (χ0n) is 9.14. The van der Waals surface area contributed by atoms with Crippen LogP contribution >= 0.6 is 0 Å². The monoisotopic (exact) mass is 208 g/mol. The highest BCUT2D eigenvalue weighted by molar-refractivity contribution is 5.52. The average Bonchev–Trinajstić information content (AvgIpc) is 2.30. The van der Waals surface area contributed by atoms with Gasteiger partial charge in [-0.1, -0.05) is 0 Å². The number of nitrogens with zero attached hydrogens (tertiary/aromatic N) is 2. The predicted octanol–water partition coefficient (Wildman–Crippen LogP) is 1.32. The summed E-state index contributed by atoms with van der Waals surface area (Å²) in [7, 11) is 1.67. The second-order valence-electron chi connectivity index (χ2n) is 3.65. The van der Waals surface area contributed by atoms with Crippen molar-refractivity contribution in [3.63, 3.8) is 0 Å². The number of methoxy groups -OCH3 is 1. The minimum absolute atomic E-state index is 0.350. The topological polar surface area (TPSA) is 34.6 Å². The molecule has 2 heterocycles. The first-order valence-corrected chi connectivity index (χ1v) is 5.16. The molecular formula is C11H16N2O2. The highest BCUT2D eigenvalue weighted by atomic mass is 16.5. The number of rotatable bonds is 2. The van der Waals surface area contributed by atoms with Crippen molar-refractivity contribution < 1.29 is 9.47 Å². The summed E-state index contributed by atoms with van der Waals surface area (Å²) in [6.45, 7) is 4.51. The Morgan fingerprint density at radius 1 is 1.60 bits per heavy atom. The van der Waals surface area contributed by atoms with Crippen LogP contribution in [0.25, 0.3) is 0 Å². The van der Waals surface area contributed by atoms with Crippen LogP contribution in [0.15, 0.2) is 18.3 Å². The fourth-order valence-electron chi connectivity index (χ4n) is 1.80. The Hall–Kier alpha value is -1.29.